The van der Waals surface area contributed by atoms with Gasteiger partial charge in [0, 0.05) is 20.0 Å². The maximum atomic E-state index is 12.2. The number of rotatable bonds is 12. The molecule has 1 fully saturated rings. The number of hydrogen-bond acceptors (Lipinski definition) is 6. The van der Waals surface area contributed by atoms with Crippen LogP contribution in [-0.4, -0.2) is 68.6 Å². The van der Waals surface area contributed by atoms with Gasteiger partial charge in [-0.25, -0.2) is 17.7 Å². The van der Waals surface area contributed by atoms with Crippen molar-refractivity contribution in [3.05, 3.63) is 83.6 Å². The molecule has 0 radical (unpaired) electrons. The van der Waals surface area contributed by atoms with E-state index in [0.29, 0.717) is 30.1 Å². The van der Waals surface area contributed by atoms with Gasteiger partial charge in [-0.3, -0.25) is 0 Å². The molecule has 0 unspecified atom stereocenters. The Labute approximate surface area is 232 Å². The van der Waals surface area contributed by atoms with E-state index in [0.717, 1.165) is 49.1 Å². The Balaban J connectivity index is 1.35. The smallest absolute Gasteiger partial charge is 0.242 e. The predicted octanol–water partition coefficient (Wildman–Crippen LogP) is 4.53. The molecule has 3 aromatic rings. The third-order valence-electron chi connectivity index (χ3n) is 7.68. The molecule has 8 nitrogen and oxygen atoms in total. The average molecular weight is 557 g/mol. The number of aromatic nitrogens is 1. The molecule has 0 aliphatic heterocycles. The molecule has 0 bridgehead atoms. The molecular formula is C30H42N3O5S+. The van der Waals surface area contributed by atoms with Crippen LogP contribution in [0, 0.1) is 5.92 Å². The molecule has 0 spiro atoms. The highest BCUT2D eigenvalue weighted by molar-refractivity contribution is 7.89. The number of oxazole rings is 1. The molecule has 39 heavy (non-hydrogen) atoms. The summed E-state index contributed by atoms with van der Waals surface area (Å²) in [6, 6.07) is 16.6. The van der Waals surface area contributed by atoms with Crippen molar-refractivity contribution in [2.45, 2.75) is 55.8 Å². The molecule has 2 aromatic carbocycles. The SMILES string of the molecule is CN(C)S(=O)(=O)c1ccc(COCC[N+](C)(C)Cc2cnc([C@](O)(c3ccccc3)C3CCCCC3)o2)cc1. The van der Waals surface area contributed by atoms with E-state index in [1.54, 1.807) is 30.5 Å². The van der Waals surface area contributed by atoms with Crippen LogP contribution in [0.2, 0.25) is 0 Å². The molecule has 1 aromatic heterocycles. The van der Waals surface area contributed by atoms with Gasteiger partial charge in [0.1, 0.15) is 13.1 Å². The Kier molecular flexibility index (Phi) is 9.29. The first-order chi connectivity index (χ1) is 18.5. The number of quaternary nitrogens is 1. The number of ether oxygens (including phenoxy) is 1. The quantitative estimate of drug-likeness (QED) is 0.260. The van der Waals surface area contributed by atoms with Crippen LogP contribution >= 0.6 is 0 Å². The van der Waals surface area contributed by atoms with E-state index < -0.39 is 15.6 Å². The highest BCUT2D eigenvalue weighted by atomic mass is 32.2. The van der Waals surface area contributed by atoms with Crippen LogP contribution in [0.3, 0.4) is 0 Å². The summed E-state index contributed by atoms with van der Waals surface area (Å²) in [6.07, 6.45) is 7.07. The molecule has 9 heteroatoms. The molecule has 1 aliphatic carbocycles. The molecule has 1 saturated carbocycles. The third-order valence-corrected chi connectivity index (χ3v) is 9.51. The van der Waals surface area contributed by atoms with Crippen LogP contribution in [-0.2, 0) is 33.5 Å². The Hall–Kier alpha value is -2.56. The number of aliphatic hydroxyl groups is 1. The van der Waals surface area contributed by atoms with Crippen LogP contribution in [0.1, 0.15) is 54.9 Å². The second-order valence-corrected chi connectivity index (χ2v) is 13.6. The second kappa shape index (κ2) is 12.3. The Morgan fingerprint density at radius 1 is 1.05 bits per heavy atom. The fourth-order valence-electron chi connectivity index (χ4n) is 5.27. The van der Waals surface area contributed by atoms with E-state index in [1.165, 1.54) is 24.8 Å². The van der Waals surface area contributed by atoms with Gasteiger partial charge in [-0.15, -0.1) is 0 Å². The summed E-state index contributed by atoms with van der Waals surface area (Å²) in [4.78, 5) is 4.86. The number of benzene rings is 2. The van der Waals surface area contributed by atoms with E-state index in [1.807, 2.05) is 30.3 Å². The molecule has 1 aliphatic rings. The zero-order valence-corrected chi connectivity index (χ0v) is 24.4. The van der Waals surface area contributed by atoms with Crippen molar-refractivity contribution in [1.29, 1.82) is 0 Å². The number of nitrogens with zero attached hydrogens (tertiary/aromatic N) is 3. The average Bonchev–Trinajstić information content (AvgIpc) is 3.40. The first-order valence-corrected chi connectivity index (χ1v) is 15.1. The lowest BCUT2D eigenvalue weighted by atomic mass is 9.73. The largest absolute Gasteiger partial charge is 0.436 e. The summed E-state index contributed by atoms with van der Waals surface area (Å²) >= 11 is 0. The number of sulfonamides is 1. The topological polar surface area (TPSA) is 92.9 Å². The van der Waals surface area contributed by atoms with Gasteiger partial charge in [0.05, 0.1) is 38.4 Å². The van der Waals surface area contributed by atoms with Gasteiger partial charge in [0.25, 0.3) is 0 Å². The van der Waals surface area contributed by atoms with Gasteiger partial charge in [-0.05, 0) is 36.1 Å². The van der Waals surface area contributed by atoms with Crippen molar-refractivity contribution in [2.75, 3.05) is 41.3 Å². The predicted molar refractivity (Wildman–Crippen MR) is 150 cm³/mol. The highest BCUT2D eigenvalue weighted by Crippen LogP contribution is 2.43. The molecule has 4 rings (SSSR count). The lowest BCUT2D eigenvalue weighted by Crippen LogP contribution is -2.41. The van der Waals surface area contributed by atoms with E-state index >= 15 is 0 Å². The lowest BCUT2D eigenvalue weighted by Gasteiger charge is -2.36. The summed E-state index contributed by atoms with van der Waals surface area (Å²) in [7, 11) is 3.82. The molecule has 1 heterocycles. The van der Waals surface area contributed by atoms with Crippen molar-refractivity contribution in [2.24, 2.45) is 5.92 Å². The van der Waals surface area contributed by atoms with E-state index in [-0.39, 0.29) is 10.8 Å². The summed E-state index contributed by atoms with van der Waals surface area (Å²) in [5.41, 5.74) is 0.516. The van der Waals surface area contributed by atoms with E-state index in [4.69, 9.17) is 9.15 Å². The van der Waals surface area contributed by atoms with Gasteiger partial charge < -0.3 is 18.7 Å². The number of hydrogen-bond donors (Lipinski definition) is 1. The van der Waals surface area contributed by atoms with Crippen molar-refractivity contribution in [3.63, 3.8) is 0 Å². The third kappa shape index (κ3) is 6.96. The van der Waals surface area contributed by atoms with Gasteiger partial charge in [0.2, 0.25) is 15.9 Å². The van der Waals surface area contributed by atoms with Gasteiger partial charge in [0.15, 0.2) is 11.4 Å². The van der Waals surface area contributed by atoms with Crippen molar-refractivity contribution in [1.82, 2.24) is 9.29 Å². The lowest BCUT2D eigenvalue weighted by molar-refractivity contribution is -0.905. The van der Waals surface area contributed by atoms with Crippen LogP contribution in [0.4, 0.5) is 0 Å². The Morgan fingerprint density at radius 2 is 1.72 bits per heavy atom. The van der Waals surface area contributed by atoms with Gasteiger partial charge >= 0.3 is 0 Å². The minimum absolute atomic E-state index is 0.0769. The Morgan fingerprint density at radius 3 is 2.36 bits per heavy atom. The second-order valence-electron chi connectivity index (χ2n) is 11.4. The summed E-state index contributed by atoms with van der Waals surface area (Å²) in [5, 5.41) is 12.0. The highest BCUT2D eigenvalue weighted by Gasteiger charge is 2.44. The van der Waals surface area contributed by atoms with Crippen LogP contribution in [0.25, 0.3) is 0 Å². The normalized spacial score (nSPS) is 16.9. The van der Waals surface area contributed by atoms with Gasteiger partial charge in [-0.2, -0.15) is 0 Å². The fraction of sp³-hybridized carbons (Fsp3) is 0.500. The van der Waals surface area contributed by atoms with Crippen molar-refractivity contribution >= 4 is 10.0 Å². The van der Waals surface area contributed by atoms with Crippen LogP contribution in [0.15, 0.2) is 70.1 Å². The summed E-state index contributed by atoms with van der Waals surface area (Å²) in [5.74, 6) is 1.19. The zero-order valence-electron chi connectivity index (χ0n) is 23.5. The first-order valence-electron chi connectivity index (χ1n) is 13.7. The summed E-state index contributed by atoms with van der Waals surface area (Å²) < 4.78 is 38.5. The van der Waals surface area contributed by atoms with E-state index in [2.05, 4.69) is 19.1 Å². The maximum Gasteiger partial charge on any atom is 0.242 e. The van der Waals surface area contributed by atoms with Crippen molar-refractivity contribution in [3.8, 4) is 0 Å². The van der Waals surface area contributed by atoms with Gasteiger partial charge in [-0.1, -0.05) is 61.7 Å². The standard InChI is InChI=1S/C30H42N3O5S/c1-32(2)39(35,36)28-17-15-24(16-18-28)23-37-20-19-33(3,4)22-27-21-31-29(38-27)30(34,25-11-7-5-8-12-25)26-13-9-6-10-14-26/h5,7-8,11-12,15-18,21,26,34H,6,9-10,13-14,19-20,22-23H2,1-4H3/q+1/t30-/m0/s1. The van der Waals surface area contributed by atoms with Crippen molar-refractivity contribution < 1.29 is 27.2 Å². The molecule has 212 valence electrons. The molecule has 0 saturated heterocycles. The maximum absolute atomic E-state index is 12.2. The van der Waals surface area contributed by atoms with Crippen LogP contribution in [0.5, 0.6) is 0 Å². The fourth-order valence-corrected chi connectivity index (χ4v) is 6.18. The Bertz CT molecular complexity index is 1300. The molecule has 1 atom stereocenters. The number of likely N-dealkylation sites (N-methyl/N-ethyl adjacent to an activating group) is 1. The zero-order chi connectivity index (χ0) is 28.1. The molecular weight excluding hydrogens is 514 g/mol. The minimum atomic E-state index is -3.44. The van der Waals surface area contributed by atoms with Crippen LogP contribution < -0.4 is 0 Å². The minimum Gasteiger partial charge on any atom is -0.436 e. The van der Waals surface area contributed by atoms with E-state index in [9.17, 15) is 13.5 Å². The molecule has 1 N–H and O–H groups in total. The summed E-state index contributed by atoms with van der Waals surface area (Å²) in [6.45, 7) is 2.29. The first kappa shape index (κ1) is 29.4. The molecule has 0 amide bonds. The monoisotopic (exact) mass is 556 g/mol.